The van der Waals surface area contributed by atoms with E-state index < -0.39 is 0 Å². The van der Waals surface area contributed by atoms with Crippen molar-refractivity contribution in [2.75, 3.05) is 4.90 Å². The molecule has 5 nitrogen and oxygen atoms in total. The predicted molar refractivity (Wildman–Crippen MR) is 171 cm³/mol. The van der Waals surface area contributed by atoms with Gasteiger partial charge in [0, 0.05) is 34.0 Å². The molecule has 2 atom stereocenters. The van der Waals surface area contributed by atoms with Crippen LogP contribution in [0, 0.1) is 27.7 Å². The number of rotatable bonds is 6. The Morgan fingerprint density at radius 1 is 0.854 bits per heavy atom. The van der Waals surface area contributed by atoms with Crippen molar-refractivity contribution < 1.29 is 4.74 Å². The molecule has 0 bridgehead atoms. The molecule has 1 aliphatic rings. The fourth-order valence-corrected chi connectivity index (χ4v) is 6.22. The summed E-state index contributed by atoms with van der Waals surface area (Å²) in [6, 6.07) is 30.2. The highest BCUT2D eigenvalue weighted by Gasteiger charge is 2.42. The standard InChI is InChI=1S/C34H31ClN4OS/c1-21-12-13-25(35)20-30(21)38-23(3)19-28(24(38)4)33-32(29-10-7-8-18-36-29)37-34(41)39(33)26-14-16-27(17-15-26)40-31-11-6-5-9-22(31)2/h5-20,32-33H,1-4H3,(H,37,41)/t32-,33+/m1/s1. The largest absolute Gasteiger partial charge is 0.457 e. The van der Waals surface area contributed by atoms with E-state index in [0.717, 1.165) is 51.1 Å². The van der Waals surface area contributed by atoms with Gasteiger partial charge in [-0.2, -0.15) is 0 Å². The molecule has 7 heteroatoms. The van der Waals surface area contributed by atoms with Gasteiger partial charge in [0.2, 0.25) is 0 Å². The summed E-state index contributed by atoms with van der Waals surface area (Å²) in [7, 11) is 0. The van der Waals surface area contributed by atoms with E-state index in [-0.39, 0.29) is 12.1 Å². The molecule has 2 aromatic heterocycles. The zero-order valence-electron chi connectivity index (χ0n) is 23.4. The number of hydrogen-bond donors (Lipinski definition) is 1. The monoisotopic (exact) mass is 578 g/mol. The number of hydrogen-bond acceptors (Lipinski definition) is 3. The van der Waals surface area contributed by atoms with Gasteiger partial charge in [-0.1, -0.05) is 41.9 Å². The topological polar surface area (TPSA) is 42.3 Å². The lowest BCUT2D eigenvalue weighted by atomic mass is 9.96. The lowest BCUT2D eigenvalue weighted by molar-refractivity contribution is 0.479. The molecule has 0 aliphatic carbocycles. The normalized spacial score (nSPS) is 16.6. The third-order valence-electron chi connectivity index (χ3n) is 7.74. The number of para-hydroxylation sites is 1. The van der Waals surface area contributed by atoms with Crippen LogP contribution in [0.1, 0.15) is 45.9 Å². The van der Waals surface area contributed by atoms with Crippen LogP contribution in [0.3, 0.4) is 0 Å². The molecule has 0 amide bonds. The maximum absolute atomic E-state index is 6.44. The first-order valence-electron chi connectivity index (χ1n) is 13.6. The van der Waals surface area contributed by atoms with Crippen LogP contribution in [-0.4, -0.2) is 14.7 Å². The van der Waals surface area contributed by atoms with Crippen molar-refractivity contribution in [1.29, 1.82) is 0 Å². The minimum Gasteiger partial charge on any atom is -0.457 e. The number of benzene rings is 3. The summed E-state index contributed by atoms with van der Waals surface area (Å²) >= 11 is 12.4. The first-order chi connectivity index (χ1) is 19.8. The van der Waals surface area contributed by atoms with E-state index >= 15 is 0 Å². The van der Waals surface area contributed by atoms with Crippen molar-refractivity contribution in [2.45, 2.75) is 39.8 Å². The molecule has 3 aromatic carbocycles. The molecule has 3 heterocycles. The van der Waals surface area contributed by atoms with E-state index in [1.165, 1.54) is 5.56 Å². The van der Waals surface area contributed by atoms with Gasteiger partial charge >= 0.3 is 0 Å². The van der Waals surface area contributed by atoms with E-state index in [2.05, 4.69) is 65.9 Å². The molecule has 0 radical (unpaired) electrons. The number of pyridine rings is 1. The molecular formula is C34H31ClN4OS. The Bertz CT molecular complexity index is 1730. The van der Waals surface area contributed by atoms with Gasteiger partial charge in [0.1, 0.15) is 11.5 Å². The molecule has 6 rings (SSSR count). The lowest BCUT2D eigenvalue weighted by Gasteiger charge is -2.28. The van der Waals surface area contributed by atoms with Gasteiger partial charge in [-0.3, -0.25) is 4.98 Å². The lowest BCUT2D eigenvalue weighted by Crippen LogP contribution is -2.29. The summed E-state index contributed by atoms with van der Waals surface area (Å²) in [5.41, 5.74) is 8.67. The fraction of sp³-hybridized carbons (Fsp3) is 0.176. The van der Waals surface area contributed by atoms with Crippen LogP contribution < -0.4 is 15.0 Å². The third kappa shape index (κ3) is 5.09. The average Bonchev–Trinajstić information content (AvgIpc) is 3.47. The summed E-state index contributed by atoms with van der Waals surface area (Å²) in [4.78, 5) is 6.92. The summed E-state index contributed by atoms with van der Waals surface area (Å²) in [5.74, 6) is 1.61. The maximum atomic E-state index is 6.44. The zero-order chi connectivity index (χ0) is 28.7. The molecule has 5 aromatic rings. The Morgan fingerprint density at radius 2 is 1.61 bits per heavy atom. The van der Waals surface area contributed by atoms with Gasteiger partial charge in [-0.25, -0.2) is 0 Å². The van der Waals surface area contributed by atoms with Crippen molar-refractivity contribution in [3.8, 4) is 17.2 Å². The molecule has 0 spiro atoms. The molecule has 1 aliphatic heterocycles. The second-order valence-electron chi connectivity index (χ2n) is 10.5. The van der Waals surface area contributed by atoms with Gasteiger partial charge in [0.25, 0.3) is 0 Å². The Balaban J connectivity index is 1.43. The minimum absolute atomic E-state index is 0.125. The summed E-state index contributed by atoms with van der Waals surface area (Å²) in [6.45, 7) is 8.45. The number of anilines is 1. The van der Waals surface area contributed by atoms with Crippen LogP contribution in [0.5, 0.6) is 11.5 Å². The average molecular weight is 579 g/mol. The van der Waals surface area contributed by atoms with E-state index in [4.69, 9.17) is 33.5 Å². The number of halogens is 1. The summed E-state index contributed by atoms with van der Waals surface area (Å²) < 4.78 is 8.45. The predicted octanol–water partition coefficient (Wildman–Crippen LogP) is 8.73. The summed E-state index contributed by atoms with van der Waals surface area (Å²) in [5, 5.41) is 4.95. The van der Waals surface area contributed by atoms with E-state index in [0.29, 0.717) is 10.1 Å². The van der Waals surface area contributed by atoms with E-state index in [1.54, 1.807) is 0 Å². The van der Waals surface area contributed by atoms with E-state index in [9.17, 15) is 0 Å². The first-order valence-corrected chi connectivity index (χ1v) is 14.4. The molecule has 1 N–H and O–H groups in total. The number of nitrogens with one attached hydrogen (secondary N) is 1. The van der Waals surface area contributed by atoms with Crippen molar-refractivity contribution in [3.63, 3.8) is 0 Å². The third-order valence-corrected chi connectivity index (χ3v) is 8.29. The molecule has 41 heavy (non-hydrogen) atoms. The van der Waals surface area contributed by atoms with Crippen molar-refractivity contribution >= 4 is 34.6 Å². The Labute approximate surface area is 251 Å². The number of aromatic nitrogens is 2. The van der Waals surface area contributed by atoms with Gasteiger partial charge in [0.05, 0.1) is 17.8 Å². The Kier molecular flexibility index (Phi) is 7.28. The molecule has 206 valence electrons. The van der Waals surface area contributed by atoms with Crippen LogP contribution >= 0.6 is 23.8 Å². The number of aryl methyl sites for hydroxylation is 3. The highest BCUT2D eigenvalue weighted by atomic mass is 35.5. The second kappa shape index (κ2) is 11.0. The highest BCUT2D eigenvalue weighted by molar-refractivity contribution is 7.80. The quantitative estimate of drug-likeness (QED) is 0.204. The highest BCUT2D eigenvalue weighted by Crippen LogP contribution is 2.44. The molecule has 0 unspecified atom stereocenters. The van der Waals surface area contributed by atoms with Crippen LogP contribution in [0.25, 0.3) is 5.69 Å². The van der Waals surface area contributed by atoms with Crippen LogP contribution in [-0.2, 0) is 0 Å². The molecule has 1 saturated heterocycles. The minimum atomic E-state index is -0.138. The molecule has 1 fully saturated rings. The van der Waals surface area contributed by atoms with Crippen LogP contribution in [0.15, 0.2) is 97.2 Å². The van der Waals surface area contributed by atoms with Crippen LogP contribution in [0.2, 0.25) is 5.02 Å². The SMILES string of the molecule is Cc1ccccc1Oc1ccc(N2C(=S)N[C@H](c3ccccn3)[C@@H]2c2cc(C)n(-c3cc(Cl)ccc3C)c2C)cc1. The Hall–Kier alpha value is -4.13. The van der Waals surface area contributed by atoms with Crippen molar-refractivity contribution in [2.24, 2.45) is 0 Å². The van der Waals surface area contributed by atoms with Gasteiger partial charge in [0.15, 0.2) is 5.11 Å². The first kappa shape index (κ1) is 27.1. The van der Waals surface area contributed by atoms with Gasteiger partial charge < -0.3 is 19.5 Å². The van der Waals surface area contributed by atoms with Gasteiger partial charge in [-0.05, 0) is 117 Å². The maximum Gasteiger partial charge on any atom is 0.174 e. The van der Waals surface area contributed by atoms with Gasteiger partial charge in [-0.15, -0.1) is 0 Å². The fourth-order valence-electron chi connectivity index (χ4n) is 5.70. The van der Waals surface area contributed by atoms with Crippen molar-refractivity contribution in [3.05, 3.63) is 136 Å². The number of thiocarbonyl (C=S) groups is 1. The van der Waals surface area contributed by atoms with Crippen LogP contribution in [0.4, 0.5) is 5.69 Å². The number of ether oxygens (including phenoxy) is 1. The Morgan fingerprint density at radius 3 is 2.34 bits per heavy atom. The van der Waals surface area contributed by atoms with E-state index in [1.807, 2.05) is 73.8 Å². The smallest absolute Gasteiger partial charge is 0.174 e. The van der Waals surface area contributed by atoms with Crippen molar-refractivity contribution in [1.82, 2.24) is 14.9 Å². The summed E-state index contributed by atoms with van der Waals surface area (Å²) in [6.07, 6.45) is 1.83. The number of nitrogens with zero attached hydrogens (tertiary/aromatic N) is 3. The zero-order valence-corrected chi connectivity index (χ0v) is 25.0. The second-order valence-corrected chi connectivity index (χ2v) is 11.3. The molecular weight excluding hydrogens is 548 g/mol. The molecule has 0 saturated carbocycles.